The molecular formula is C25H30N4O2. The fraction of sp³-hybridized carbons (Fsp3) is 0.320. The summed E-state index contributed by atoms with van der Waals surface area (Å²) in [4.78, 5) is 15.5. The molecule has 3 aromatic carbocycles. The van der Waals surface area contributed by atoms with E-state index < -0.39 is 12.3 Å². The van der Waals surface area contributed by atoms with Crippen LogP contribution in [-0.2, 0) is 17.8 Å². The molecule has 162 valence electrons. The molecule has 0 saturated heterocycles. The van der Waals surface area contributed by atoms with Crippen molar-refractivity contribution >= 4 is 28.1 Å². The summed E-state index contributed by atoms with van der Waals surface area (Å²) in [5.74, 6) is -0.0341. The van der Waals surface area contributed by atoms with Crippen LogP contribution in [0.2, 0.25) is 0 Å². The second-order valence-corrected chi connectivity index (χ2v) is 8.23. The van der Waals surface area contributed by atoms with E-state index in [1.54, 1.807) is 7.05 Å². The van der Waals surface area contributed by atoms with E-state index in [-0.39, 0.29) is 11.9 Å². The number of nitrogen functional groups attached to an aromatic ring is 1. The maximum atomic E-state index is 13.7. The lowest BCUT2D eigenvalue weighted by atomic mass is 10.0. The molecule has 31 heavy (non-hydrogen) atoms. The molecule has 0 aromatic heterocycles. The number of aliphatic hydroxyl groups is 1. The van der Waals surface area contributed by atoms with E-state index in [1.807, 2.05) is 60.4 Å². The smallest absolute Gasteiger partial charge is 0.244 e. The molecule has 0 spiro atoms. The molecule has 3 aromatic rings. The molecule has 1 heterocycles. The van der Waals surface area contributed by atoms with Gasteiger partial charge in [-0.3, -0.25) is 10.1 Å². The zero-order valence-corrected chi connectivity index (χ0v) is 18.0. The lowest BCUT2D eigenvalue weighted by molar-refractivity contribution is -0.121. The normalized spacial score (nSPS) is 18.5. The average molecular weight is 419 g/mol. The van der Waals surface area contributed by atoms with Gasteiger partial charge in [0.15, 0.2) is 0 Å². The number of nitrogens with two attached hydrogens (primary N) is 1. The number of hydrogen-bond acceptors (Lipinski definition) is 5. The van der Waals surface area contributed by atoms with Crippen LogP contribution in [0.4, 0.5) is 11.4 Å². The summed E-state index contributed by atoms with van der Waals surface area (Å²) in [5, 5.41) is 18.8. The molecule has 0 bridgehead atoms. The molecule has 0 radical (unpaired) electrons. The predicted molar refractivity (Wildman–Crippen MR) is 126 cm³/mol. The minimum atomic E-state index is -0.820. The van der Waals surface area contributed by atoms with Gasteiger partial charge in [-0.25, -0.2) is 0 Å². The highest BCUT2D eigenvalue weighted by atomic mass is 16.3. The van der Waals surface area contributed by atoms with Crippen LogP contribution in [0.25, 0.3) is 10.8 Å². The van der Waals surface area contributed by atoms with Crippen LogP contribution in [-0.4, -0.2) is 36.4 Å². The minimum Gasteiger partial charge on any atom is -0.399 e. The summed E-state index contributed by atoms with van der Waals surface area (Å²) >= 11 is 0. The second kappa shape index (κ2) is 9.06. The van der Waals surface area contributed by atoms with Gasteiger partial charge in [0, 0.05) is 17.4 Å². The van der Waals surface area contributed by atoms with Gasteiger partial charge in [0.1, 0.15) is 6.23 Å². The Morgan fingerprint density at radius 1 is 1.16 bits per heavy atom. The summed E-state index contributed by atoms with van der Waals surface area (Å²) in [5.41, 5.74) is 9.85. The maximum Gasteiger partial charge on any atom is 0.244 e. The van der Waals surface area contributed by atoms with Crippen LogP contribution in [0.1, 0.15) is 24.5 Å². The minimum absolute atomic E-state index is 0.0341. The highest BCUT2D eigenvalue weighted by Gasteiger charge is 2.32. The van der Waals surface area contributed by atoms with E-state index in [0.717, 1.165) is 34.0 Å². The molecule has 0 aliphatic carbocycles. The Morgan fingerprint density at radius 2 is 1.97 bits per heavy atom. The lowest BCUT2D eigenvalue weighted by Gasteiger charge is -2.29. The Balaban J connectivity index is 1.71. The van der Waals surface area contributed by atoms with Gasteiger partial charge >= 0.3 is 0 Å². The molecule has 2 unspecified atom stereocenters. The third-order valence-corrected chi connectivity index (χ3v) is 6.17. The SMILES string of the molecule is CN[C@@H](C)C(O)NC1CCc2ccccc2N(Cc2cccc3ccc(N)cc23)C1=O. The molecule has 1 aliphatic heterocycles. The summed E-state index contributed by atoms with van der Waals surface area (Å²) < 4.78 is 0. The molecular weight excluding hydrogens is 388 g/mol. The van der Waals surface area contributed by atoms with Crippen molar-refractivity contribution in [1.29, 1.82) is 0 Å². The van der Waals surface area contributed by atoms with E-state index in [4.69, 9.17) is 5.73 Å². The monoisotopic (exact) mass is 418 g/mol. The van der Waals surface area contributed by atoms with Gasteiger partial charge in [0.2, 0.25) is 5.91 Å². The molecule has 0 saturated carbocycles. The van der Waals surface area contributed by atoms with Gasteiger partial charge in [-0.15, -0.1) is 0 Å². The Bertz CT molecular complexity index is 1080. The first-order valence-corrected chi connectivity index (χ1v) is 10.8. The fourth-order valence-electron chi connectivity index (χ4n) is 4.21. The van der Waals surface area contributed by atoms with Crippen molar-refractivity contribution in [1.82, 2.24) is 10.6 Å². The van der Waals surface area contributed by atoms with Crippen LogP contribution < -0.4 is 21.3 Å². The number of aliphatic hydroxyl groups excluding tert-OH is 1. The summed E-state index contributed by atoms with van der Waals surface area (Å²) in [7, 11) is 1.79. The Morgan fingerprint density at radius 3 is 2.77 bits per heavy atom. The number of benzene rings is 3. The molecule has 1 aliphatic rings. The van der Waals surface area contributed by atoms with E-state index in [1.165, 1.54) is 0 Å². The van der Waals surface area contributed by atoms with E-state index in [2.05, 4.69) is 22.8 Å². The van der Waals surface area contributed by atoms with E-state index >= 15 is 0 Å². The number of hydrogen-bond donors (Lipinski definition) is 4. The largest absolute Gasteiger partial charge is 0.399 e. The molecule has 4 rings (SSSR count). The standard InChI is InChI=1S/C25H30N4O2/c1-16(27-2)24(30)28-22-13-11-18-6-3-4-9-23(18)29(25(22)31)15-19-8-5-7-17-10-12-20(26)14-21(17)19/h3-10,12,14,16,22,24,27-28,30H,11,13,15,26H2,1-2H3/t16-,22?,24?/m0/s1. The zero-order valence-electron chi connectivity index (χ0n) is 18.0. The molecule has 3 atom stereocenters. The Kier molecular flexibility index (Phi) is 6.23. The van der Waals surface area contributed by atoms with Crippen molar-refractivity contribution < 1.29 is 9.90 Å². The molecule has 5 N–H and O–H groups in total. The predicted octanol–water partition coefficient (Wildman–Crippen LogP) is 2.79. The van der Waals surface area contributed by atoms with Crippen molar-refractivity contribution in [3.63, 3.8) is 0 Å². The van der Waals surface area contributed by atoms with Crippen LogP contribution in [0.5, 0.6) is 0 Å². The summed E-state index contributed by atoms with van der Waals surface area (Å²) in [6.07, 6.45) is 0.570. The first-order valence-electron chi connectivity index (χ1n) is 10.8. The number of carbonyl (C=O) groups excluding carboxylic acids is 1. The van der Waals surface area contributed by atoms with Crippen molar-refractivity contribution in [3.8, 4) is 0 Å². The molecule has 6 heteroatoms. The van der Waals surface area contributed by atoms with Crippen molar-refractivity contribution in [2.24, 2.45) is 0 Å². The maximum absolute atomic E-state index is 13.7. The number of nitrogens with one attached hydrogen (secondary N) is 2. The number of anilines is 2. The van der Waals surface area contributed by atoms with Crippen molar-refractivity contribution in [2.75, 3.05) is 17.7 Å². The van der Waals surface area contributed by atoms with E-state index in [9.17, 15) is 9.90 Å². The highest BCUT2D eigenvalue weighted by Crippen LogP contribution is 2.31. The summed E-state index contributed by atoms with van der Waals surface area (Å²) in [6, 6.07) is 19.4. The third kappa shape index (κ3) is 4.42. The number of para-hydroxylation sites is 1. The molecule has 0 fully saturated rings. The fourth-order valence-corrected chi connectivity index (χ4v) is 4.21. The lowest BCUT2D eigenvalue weighted by Crippen LogP contribution is -2.54. The molecule has 1 amide bonds. The Labute approximate surface area is 183 Å². The Hall–Kier alpha value is -2.93. The number of aryl methyl sites for hydroxylation is 1. The van der Waals surface area contributed by atoms with Gasteiger partial charge in [0.25, 0.3) is 0 Å². The van der Waals surface area contributed by atoms with Gasteiger partial charge in [-0.2, -0.15) is 0 Å². The van der Waals surface area contributed by atoms with Crippen LogP contribution >= 0.6 is 0 Å². The number of rotatable bonds is 6. The average Bonchev–Trinajstić information content (AvgIpc) is 2.91. The second-order valence-electron chi connectivity index (χ2n) is 8.23. The first-order chi connectivity index (χ1) is 15.0. The zero-order chi connectivity index (χ0) is 22.0. The van der Waals surface area contributed by atoms with Gasteiger partial charge in [0.05, 0.1) is 12.6 Å². The van der Waals surface area contributed by atoms with E-state index in [0.29, 0.717) is 18.7 Å². The van der Waals surface area contributed by atoms with Gasteiger partial charge in [-0.1, -0.05) is 42.5 Å². The molecule has 6 nitrogen and oxygen atoms in total. The van der Waals surface area contributed by atoms with Gasteiger partial charge in [-0.05, 0) is 66.9 Å². The highest BCUT2D eigenvalue weighted by molar-refractivity contribution is 5.99. The van der Waals surface area contributed by atoms with Crippen LogP contribution in [0.3, 0.4) is 0 Å². The van der Waals surface area contributed by atoms with Crippen molar-refractivity contribution in [2.45, 2.75) is 44.6 Å². The number of amides is 1. The number of carbonyl (C=O) groups is 1. The topological polar surface area (TPSA) is 90.6 Å². The quantitative estimate of drug-likeness (QED) is 0.365. The van der Waals surface area contributed by atoms with Crippen molar-refractivity contribution in [3.05, 3.63) is 71.8 Å². The van der Waals surface area contributed by atoms with Crippen LogP contribution in [0, 0.1) is 0 Å². The number of nitrogens with zero attached hydrogens (tertiary/aromatic N) is 1. The first kappa shape index (κ1) is 21.3. The van der Waals surface area contributed by atoms with Gasteiger partial charge < -0.3 is 21.1 Å². The third-order valence-electron chi connectivity index (χ3n) is 6.17. The summed E-state index contributed by atoms with van der Waals surface area (Å²) in [6.45, 7) is 2.32. The number of likely N-dealkylation sites (N-methyl/N-ethyl adjacent to an activating group) is 1. The number of fused-ring (bicyclic) bond motifs is 2. The van der Waals surface area contributed by atoms with Crippen LogP contribution in [0.15, 0.2) is 60.7 Å².